The van der Waals surface area contributed by atoms with E-state index in [1.807, 2.05) is 6.07 Å². The maximum Gasteiger partial charge on any atom is 0.349 e. The van der Waals surface area contributed by atoms with E-state index < -0.39 is 18.0 Å². The highest BCUT2D eigenvalue weighted by Gasteiger charge is 2.20. The molecule has 2 aromatic carbocycles. The van der Waals surface area contributed by atoms with Crippen LogP contribution in [0.2, 0.25) is 0 Å². The molecule has 132 valence electrons. The summed E-state index contributed by atoms with van der Waals surface area (Å²) in [5.41, 5.74) is 0.990. The van der Waals surface area contributed by atoms with Crippen LogP contribution in [0.3, 0.4) is 0 Å². The van der Waals surface area contributed by atoms with Gasteiger partial charge in [0.2, 0.25) is 0 Å². The molecule has 1 amide bonds. The van der Waals surface area contributed by atoms with Crippen LogP contribution in [-0.4, -0.2) is 25.1 Å². The van der Waals surface area contributed by atoms with Crippen molar-refractivity contribution in [1.82, 2.24) is 0 Å². The molecule has 0 aromatic heterocycles. The zero-order chi connectivity index (χ0) is 18.9. The van der Waals surface area contributed by atoms with Gasteiger partial charge in [-0.2, -0.15) is 5.26 Å². The largest absolute Gasteiger partial charge is 0.497 e. The van der Waals surface area contributed by atoms with Crippen molar-refractivity contribution in [1.29, 1.82) is 5.26 Å². The first-order valence-corrected chi connectivity index (χ1v) is 7.86. The Balaban J connectivity index is 2.05. The molecule has 0 radical (unpaired) electrons. The first-order valence-electron chi connectivity index (χ1n) is 7.86. The van der Waals surface area contributed by atoms with E-state index >= 15 is 0 Å². The molecule has 0 aliphatic rings. The Morgan fingerprint density at radius 1 is 1.15 bits per heavy atom. The van der Waals surface area contributed by atoms with Gasteiger partial charge in [0.25, 0.3) is 5.91 Å². The van der Waals surface area contributed by atoms with Crippen molar-refractivity contribution in [2.75, 3.05) is 12.4 Å². The summed E-state index contributed by atoms with van der Waals surface area (Å²) < 4.78 is 10.2. The molecule has 1 atom stereocenters. The number of nitrogens with one attached hydrogen (secondary N) is 1. The summed E-state index contributed by atoms with van der Waals surface area (Å²) in [5, 5.41) is 11.9. The smallest absolute Gasteiger partial charge is 0.349 e. The summed E-state index contributed by atoms with van der Waals surface area (Å²) in [6.45, 7) is 1.44. The monoisotopic (exact) mass is 350 g/mol. The van der Waals surface area contributed by atoms with Crippen LogP contribution in [0.5, 0.6) is 5.75 Å². The average molecular weight is 350 g/mol. The van der Waals surface area contributed by atoms with E-state index in [0.29, 0.717) is 17.0 Å². The van der Waals surface area contributed by atoms with Crippen molar-refractivity contribution in [3.05, 3.63) is 65.7 Å². The van der Waals surface area contributed by atoms with E-state index in [4.69, 9.17) is 9.47 Å². The third-order valence-electron chi connectivity index (χ3n) is 3.44. The molecule has 0 bridgehead atoms. The molecule has 0 aliphatic heterocycles. The lowest BCUT2D eigenvalue weighted by molar-refractivity contribution is -0.148. The first kappa shape index (κ1) is 18.7. The van der Waals surface area contributed by atoms with Crippen LogP contribution in [0.25, 0.3) is 6.08 Å². The van der Waals surface area contributed by atoms with Gasteiger partial charge in [0.05, 0.1) is 7.11 Å². The number of amides is 1. The Bertz CT molecular complexity index is 854. The summed E-state index contributed by atoms with van der Waals surface area (Å²) in [6.07, 6.45) is 0.330. The summed E-state index contributed by atoms with van der Waals surface area (Å²) in [7, 11) is 1.52. The summed E-state index contributed by atoms with van der Waals surface area (Å²) in [6, 6.07) is 17.5. The molecular weight excluding hydrogens is 332 g/mol. The second kappa shape index (κ2) is 9.04. The van der Waals surface area contributed by atoms with Crippen molar-refractivity contribution < 1.29 is 19.1 Å². The Morgan fingerprint density at radius 3 is 2.54 bits per heavy atom. The quantitative estimate of drug-likeness (QED) is 0.491. The molecule has 0 saturated heterocycles. The van der Waals surface area contributed by atoms with Crippen molar-refractivity contribution in [2.24, 2.45) is 0 Å². The van der Waals surface area contributed by atoms with Gasteiger partial charge < -0.3 is 14.8 Å². The Kier molecular flexibility index (Phi) is 6.52. The Hall–Kier alpha value is -3.59. The normalized spacial score (nSPS) is 11.8. The van der Waals surface area contributed by atoms with E-state index in [1.165, 1.54) is 20.1 Å². The minimum atomic E-state index is -1.05. The number of anilines is 1. The lowest BCUT2D eigenvalue weighted by atomic mass is 10.1. The molecule has 0 unspecified atom stereocenters. The van der Waals surface area contributed by atoms with Gasteiger partial charge in [-0.15, -0.1) is 0 Å². The molecule has 26 heavy (non-hydrogen) atoms. The zero-order valence-corrected chi connectivity index (χ0v) is 14.4. The van der Waals surface area contributed by atoms with E-state index in [-0.39, 0.29) is 5.57 Å². The summed E-state index contributed by atoms with van der Waals surface area (Å²) in [5.74, 6) is -0.755. The Labute approximate surface area is 151 Å². The highest BCUT2D eigenvalue weighted by Crippen LogP contribution is 2.16. The maximum atomic E-state index is 12.2. The number of hydrogen-bond acceptors (Lipinski definition) is 5. The number of ether oxygens (including phenoxy) is 2. The van der Waals surface area contributed by atoms with Gasteiger partial charge in [0.1, 0.15) is 17.4 Å². The fourth-order valence-electron chi connectivity index (χ4n) is 2.08. The van der Waals surface area contributed by atoms with E-state index in [1.54, 1.807) is 54.6 Å². The van der Waals surface area contributed by atoms with E-state index in [9.17, 15) is 14.9 Å². The van der Waals surface area contributed by atoms with E-state index in [2.05, 4.69) is 5.32 Å². The molecule has 0 spiro atoms. The molecule has 0 heterocycles. The molecule has 2 aromatic rings. The number of esters is 1. The molecule has 0 fully saturated rings. The highest BCUT2D eigenvalue weighted by atomic mass is 16.5. The predicted octanol–water partition coefficient (Wildman–Crippen LogP) is 3.17. The second-order valence-corrected chi connectivity index (χ2v) is 5.35. The van der Waals surface area contributed by atoms with Gasteiger partial charge in [-0.3, -0.25) is 4.79 Å². The number of para-hydroxylation sites is 1. The minimum absolute atomic E-state index is 0.211. The number of benzene rings is 2. The topological polar surface area (TPSA) is 88.4 Å². The average Bonchev–Trinajstić information content (AvgIpc) is 2.66. The van der Waals surface area contributed by atoms with Crippen molar-refractivity contribution in [2.45, 2.75) is 13.0 Å². The van der Waals surface area contributed by atoms with Crippen LogP contribution >= 0.6 is 0 Å². The van der Waals surface area contributed by atoms with Gasteiger partial charge in [0.15, 0.2) is 6.10 Å². The lowest BCUT2D eigenvalue weighted by Gasteiger charge is -2.13. The van der Waals surface area contributed by atoms with Crippen LogP contribution < -0.4 is 10.1 Å². The van der Waals surface area contributed by atoms with Gasteiger partial charge in [-0.25, -0.2) is 4.79 Å². The molecule has 6 nitrogen and oxygen atoms in total. The number of carbonyl (C=O) groups is 2. The number of rotatable bonds is 6. The van der Waals surface area contributed by atoms with Crippen molar-refractivity contribution >= 4 is 23.6 Å². The standard InChI is InChI=1S/C20H18N2O4/c1-14(19(23)22-17-8-4-3-5-9-17)26-20(24)16(13-21)11-15-7-6-10-18(12-15)25-2/h3-12,14H,1-2H3,(H,22,23)/b16-11+/t14-/m0/s1. The zero-order valence-electron chi connectivity index (χ0n) is 14.4. The van der Waals surface area contributed by atoms with Crippen LogP contribution in [0.4, 0.5) is 5.69 Å². The first-order chi connectivity index (χ1) is 12.5. The lowest BCUT2D eigenvalue weighted by Crippen LogP contribution is -2.30. The Morgan fingerprint density at radius 2 is 1.88 bits per heavy atom. The number of nitriles is 1. The van der Waals surface area contributed by atoms with Crippen LogP contribution in [0, 0.1) is 11.3 Å². The van der Waals surface area contributed by atoms with Crippen molar-refractivity contribution in [3.63, 3.8) is 0 Å². The summed E-state index contributed by atoms with van der Waals surface area (Å²) >= 11 is 0. The summed E-state index contributed by atoms with van der Waals surface area (Å²) in [4.78, 5) is 24.3. The van der Waals surface area contributed by atoms with Gasteiger partial charge in [0, 0.05) is 5.69 Å². The van der Waals surface area contributed by atoms with Gasteiger partial charge in [-0.05, 0) is 42.8 Å². The SMILES string of the molecule is COc1cccc(/C=C(\C#N)C(=O)O[C@@H](C)C(=O)Nc2ccccc2)c1. The molecule has 0 saturated carbocycles. The van der Waals surface area contributed by atoms with Crippen LogP contribution in [0.15, 0.2) is 60.2 Å². The molecule has 6 heteroatoms. The fourth-order valence-corrected chi connectivity index (χ4v) is 2.08. The molecule has 1 N–H and O–H groups in total. The van der Waals surface area contributed by atoms with Gasteiger partial charge in [-0.1, -0.05) is 30.3 Å². The molecular formula is C20H18N2O4. The third-order valence-corrected chi connectivity index (χ3v) is 3.44. The number of hydrogen-bond donors (Lipinski definition) is 1. The number of methoxy groups -OCH3 is 1. The van der Waals surface area contributed by atoms with Crippen molar-refractivity contribution in [3.8, 4) is 11.8 Å². The molecule has 2 rings (SSSR count). The predicted molar refractivity (Wildman–Crippen MR) is 97.2 cm³/mol. The van der Waals surface area contributed by atoms with E-state index in [0.717, 1.165) is 0 Å². The molecule has 0 aliphatic carbocycles. The van der Waals surface area contributed by atoms with Crippen LogP contribution in [0.1, 0.15) is 12.5 Å². The van der Waals surface area contributed by atoms with Gasteiger partial charge >= 0.3 is 5.97 Å². The number of carbonyl (C=O) groups excluding carboxylic acids is 2. The third kappa shape index (κ3) is 5.21. The minimum Gasteiger partial charge on any atom is -0.497 e. The number of nitrogens with zero attached hydrogens (tertiary/aromatic N) is 1. The second-order valence-electron chi connectivity index (χ2n) is 5.35. The maximum absolute atomic E-state index is 12.2. The highest BCUT2D eigenvalue weighted by molar-refractivity contribution is 6.01. The van der Waals surface area contributed by atoms with Crippen LogP contribution in [-0.2, 0) is 14.3 Å². The fraction of sp³-hybridized carbons (Fsp3) is 0.150.